The van der Waals surface area contributed by atoms with E-state index < -0.39 is 0 Å². The SMILES string of the molecule is CC1C=C(c2ccc(Cl)c3ccoc23)CCN1. The lowest BCUT2D eigenvalue weighted by molar-refractivity contribution is 0.608. The van der Waals surface area contributed by atoms with Crippen LogP contribution in [0, 0.1) is 0 Å². The minimum Gasteiger partial charge on any atom is -0.464 e. The zero-order chi connectivity index (χ0) is 11.8. The fraction of sp³-hybridized carbons (Fsp3) is 0.286. The molecule has 1 atom stereocenters. The first-order valence-corrected chi connectivity index (χ1v) is 6.23. The summed E-state index contributed by atoms with van der Waals surface area (Å²) in [4.78, 5) is 0. The number of hydrogen-bond donors (Lipinski definition) is 1. The number of nitrogens with one attached hydrogen (secondary N) is 1. The van der Waals surface area contributed by atoms with Crippen molar-refractivity contribution in [2.24, 2.45) is 0 Å². The Morgan fingerprint density at radius 2 is 2.24 bits per heavy atom. The molecule has 2 heterocycles. The Bertz CT molecular complexity index is 585. The smallest absolute Gasteiger partial charge is 0.142 e. The third-order valence-electron chi connectivity index (χ3n) is 3.22. The van der Waals surface area contributed by atoms with Crippen LogP contribution in [0.2, 0.25) is 5.02 Å². The largest absolute Gasteiger partial charge is 0.464 e. The zero-order valence-corrected chi connectivity index (χ0v) is 10.4. The van der Waals surface area contributed by atoms with Gasteiger partial charge in [-0.15, -0.1) is 0 Å². The number of hydrogen-bond acceptors (Lipinski definition) is 2. The van der Waals surface area contributed by atoms with E-state index in [1.807, 2.05) is 12.1 Å². The Balaban J connectivity index is 2.17. The maximum Gasteiger partial charge on any atom is 0.142 e. The standard InChI is InChI=1S/C14H14ClNO/c1-9-8-10(4-6-16-9)11-2-3-13(15)12-5-7-17-14(11)12/h2-3,5,7-9,16H,4,6H2,1H3. The van der Waals surface area contributed by atoms with Crippen molar-refractivity contribution in [2.75, 3.05) is 6.54 Å². The van der Waals surface area contributed by atoms with Crippen LogP contribution in [0.15, 0.2) is 35.0 Å². The van der Waals surface area contributed by atoms with Gasteiger partial charge in [-0.25, -0.2) is 0 Å². The third kappa shape index (κ3) is 1.88. The summed E-state index contributed by atoms with van der Waals surface area (Å²) >= 11 is 6.15. The van der Waals surface area contributed by atoms with Crippen LogP contribution in [0.4, 0.5) is 0 Å². The summed E-state index contributed by atoms with van der Waals surface area (Å²) in [6.45, 7) is 3.17. The maximum atomic E-state index is 6.15. The number of halogens is 1. The van der Waals surface area contributed by atoms with Crippen LogP contribution < -0.4 is 5.32 Å². The Morgan fingerprint density at radius 3 is 3.06 bits per heavy atom. The predicted octanol–water partition coefficient (Wildman–Crippen LogP) is 3.85. The quantitative estimate of drug-likeness (QED) is 0.828. The molecule has 17 heavy (non-hydrogen) atoms. The van der Waals surface area contributed by atoms with Crippen LogP contribution in [0.25, 0.3) is 16.5 Å². The highest BCUT2D eigenvalue weighted by Crippen LogP contribution is 2.33. The first-order valence-electron chi connectivity index (χ1n) is 5.86. The Hall–Kier alpha value is -1.25. The normalized spacial score (nSPS) is 20.6. The van der Waals surface area contributed by atoms with Crippen molar-refractivity contribution in [1.82, 2.24) is 5.32 Å². The van der Waals surface area contributed by atoms with Crippen LogP contribution in [-0.4, -0.2) is 12.6 Å². The summed E-state index contributed by atoms with van der Waals surface area (Å²) in [6, 6.07) is 6.34. The molecule has 1 unspecified atom stereocenters. The monoisotopic (exact) mass is 247 g/mol. The molecule has 0 spiro atoms. The van der Waals surface area contributed by atoms with E-state index >= 15 is 0 Å². The lowest BCUT2D eigenvalue weighted by atomic mass is 9.96. The summed E-state index contributed by atoms with van der Waals surface area (Å²) < 4.78 is 5.57. The van der Waals surface area contributed by atoms with Gasteiger partial charge in [-0.05, 0) is 43.7 Å². The summed E-state index contributed by atoms with van der Waals surface area (Å²) in [5.41, 5.74) is 3.41. The van der Waals surface area contributed by atoms with Crippen LogP contribution in [0.5, 0.6) is 0 Å². The number of fused-ring (bicyclic) bond motifs is 1. The van der Waals surface area contributed by atoms with Gasteiger partial charge in [-0.1, -0.05) is 17.7 Å². The summed E-state index contributed by atoms with van der Waals surface area (Å²) in [6.07, 6.45) is 4.99. The zero-order valence-electron chi connectivity index (χ0n) is 9.66. The fourth-order valence-electron chi connectivity index (χ4n) is 2.38. The van der Waals surface area contributed by atoms with E-state index in [1.54, 1.807) is 6.26 Å². The molecule has 0 amide bonds. The van der Waals surface area contributed by atoms with Crippen molar-refractivity contribution in [3.05, 3.63) is 41.1 Å². The van der Waals surface area contributed by atoms with E-state index in [4.69, 9.17) is 16.0 Å². The molecule has 1 aromatic heterocycles. The number of benzene rings is 1. The first kappa shape index (κ1) is 10.9. The van der Waals surface area contributed by atoms with Crippen molar-refractivity contribution >= 4 is 28.1 Å². The second-order valence-electron chi connectivity index (χ2n) is 4.44. The molecule has 0 radical (unpaired) electrons. The van der Waals surface area contributed by atoms with E-state index in [-0.39, 0.29) is 0 Å². The molecule has 1 aliphatic heterocycles. The van der Waals surface area contributed by atoms with E-state index in [1.165, 1.54) is 11.1 Å². The fourth-order valence-corrected chi connectivity index (χ4v) is 2.60. The van der Waals surface area contributed by atoms with Crippen LogP contribution >= 0.6 is 11.6 Å². The first-order chi connectivity index (χ1) is 8.25. The van der Waals surface area contributed by atoms with E-state index in [0.717, 1.165) is 29.0 Å². The number of furan rings is 1. The highest BCUT2D eigenvalue weighted by atomic mass is 35.5. The minimum atomic E-state index is 0.416. The van der Waals surface area contributed by atoms with Gasteiger partial charge in [0.05, 0.1) is 11.3 Å². The van der Waals surface area contributed by atoms with E-state index in [9.17, 15) is 0 Å². The van der Waals surface area contributed by atoms with Crippen LogP contribution in [0.1, 0.15) is 18.9 Å². The van der Waals surface area contributed by atoms with Crippen molar-refractivity contribution in [3.63, 3.8) is 0 Å². The van der Waals surface area contributed by atoms with Crippen LogP contribution in [0.3, 0.4) is 0 Å². The molecule has 0 saturated heterocycles. The second-order valence-corrected chi connectivity index (χ2v) is 4.85. The van der Waals surface area contributed by atoms with Gasteiger partial charge >= 0.3 is 0 Å². The highest BCUT2D eigenvalue weighted by Gasteiger charge is 2.15. The van der Waals surface area contributed by atoms with Crippen molar-refractivity contribution in [2.45, 2.75) is 19.4 Å². The lowest BCUT2D eigenvalue weighted by Gasteiger charge is -2.20. The summed E-state index contributed by atoms with van der Waals surface area (Å²) in [5, 5.41) is 5.15. The van der Waals surface area contributed by atoms with E-state index in [2.05, 4.69) is 24.4 Å². The van der Waals surface area contributed by atoms with Gasteiger partial charge in [-0.3, -0.25) is 0 Å². The second kappa shape index (κ2) is 4.21. The van der Waals surface area contributed by atoms with Crippen LogP contribution in [-0.2, 0) is 0 Å². The maximum absolute atomic E-state index is 6.15. The molecule has 1 N–H and O–H groups in total. The Labute approximate surface area is 105 Å². The van der Waals surface area contributed by atoms with Gasteiger partial charge in [0.25, 0.3) is 0 Å². The van der Waals surface area contributed by atoms with Crippen molar-refractivity contribution in [1.29, 1.82) is 0 Å². The molecule has 2 nitrogen and oxygen atoms in total. The number of rotatable bonds is 1. The molecular weight excluding hydrogens is 234 g/mol. The molecule has 2 aromatic rings. The average Bonchev–Trinajstić information content (AvgIpc) is 2.79. The molecule has 3 rings (SSSR count). The highest BCUT2D eigenvalue weighted by molar-refractivity contribution is 6.35. The van der Waals surface area contributed by atoms with Gasteiger partial charge in [0.2, 0.25) is 0 Å². The van der Waals surface area contributed by atoms with Gasteiger partial charge in [0.1, 0.15) is 5.58 Å². The molecule has 0 saturated carbocycles. The van der Waals surface area contributed by atoms with Gasteiger partial charge in [0, 0.05) is 17.0 Å². The van der Waals surface area contributed by atoms with Gasteiger partial charge in [-0.2, -0.15) is 0 Å². The van der Waals surface area contributed by atoms with E-state index in [0.29, 0.717) is 6.04 Å². The lowest BCUT2D eigenvalue weighted by Crippen LogP contribution is -2.29. The molecule has 88 valence electrons. The van der Waals surface area contributed by atoms with Gasteiger partial charge < -0.3 is 9.73 Å². The summed E-state index contributed by atoms with van der Waals surface area (Å²) in [5.74, 6) is 0. The third-order valence-corrected chi connectivity index (χ3v) is 3.55. The molecule has 0 fully saturated rings. The topological polar surface area (TPSA) is 25.2 Å². The van der Waals surface area contributed by atoms with Crippen molar-refractivity contribution in [3.8, 4) is 0 Å². The molecule has 0 bridgehead atoms. The molecule has 1 aliphatic rings. The predicted molar refractivity (Wildman–Crippen MR) is 71.3 cm³/mol. The molecule has 1 aromatic carbocycles. The molecule has 3 heteroatoms. The van der Waals surface area contributed by atoms with Gasteiger partial charge in [0.15, 0.2) is 0 Å². The molecule has 0 aliphatic carbocycles. The Kier molecular flexibility index (Phi) is 2.69. The minimum absolute atomic E-state index is 0.416. The average molecular weight is 248 g/mol. The molecular formula is C14H14ClNO. The summed E-state index contributed by atoms with van der Waals surface area (Å²) in [7, 11) is 0. The van der Waals surface area contributed by atoms with Crippen molar-refractivity contribution < 1.29 is 4.42 Å². The Morgan fingerprint density at radius 1 is 1.35 bits per heavy atom.